The Balaban J connectivity index is 1.50. The molecule has 3 rings (SSSR count). The Kier molecular flexibility index (Phi) is 5.84. The highest BCUT2D eigenvalue weighted by atomic mass is 32.1. The van der Waals surface area contributed by atoms with E-state index in [1.54, 1.807) is 11.3 Å². The van der Waals surface area contributed by atoms with Crippen LogP contribution >= 0.6 is 11.3 Å². The van der Waals surface area contributed by atoms with Gasteiger partial charge in [0.2, 0.25) is 0 Å². The van der Waals surface area contributed by atoms with Crippen LogP contribution in [-0.4, -0.2) is 79.6 Å². The zero-order valence-corrected chi connectivity index (χ0v) is 14.0. The van der Waals surface area contributed by atoms with Crippen molar-refractivity contribution in [1.29, 1.82) is 0 Å². The summed E-state index contributed by atoms with van der Waals surface area (Å²) < 4.78 is 11.4. The number of β-amino-alcohol motifs (C(OH)–C–C–N with tert-alkyl or cyclic N) is 1. The molecule has 0 aromatic carbocycles. The lowest BCUT2D eigenvalue weighted by atomic mass is 10.1. The molecule has 3 atom stereocenters. The zero-order valence-electron chi connectivity index (χ0n) is 13.2. The average Bonchev–Trinajstić information content (AvgIpc) is 3.01. The number of morpholine rings is 2. The fourth-order valence-corrected chi connectivity index (χ4v) is 3.97. The Labute approximate surface area is 136 Å². The van der Waals surface area contributed by atoms with Gasteiger partial charge in [0.05, 0.1) is 31.5 Å². The van der Waals surface area contributed by atoms with Crippen LogP contribution in [0.4, 0.5) is 0 Å². The molecule has 124 valence electrons. The minimum Gasteiger partial charge on any atom is -0.390 e. The molecule has 0 spiro atoms. The van der Waals surface area contributed by atoms with Gasteiger partial charge in [0.25, 0.3) is 0 Å². The molecule has 0 amide bonds. The van der Waals surface area contributed by atoms with E-state index in [-0.39, 0.29) is 18.3 Å². The maximum absolute atomic E-state index is 10.4. The number of aliphatic hydroxyl groups excluding tert-OH is 1. The van der Waals surface area contributed by atoms with Gasteiger partial charge in [0, 0.05) is 39.3 Å². The van der Waals surface area contributed by atoms with Crippen LogP contribution in [0.2, 0.25) is 0 Å². The van der Waals surface area contributed by atoms with E-state index in [2.05, 4.69) is 33.6 Å². The Morgan fingerprint density at radius 2 is 2.05 bits per heavy atom. The van der Waals surface area contributed by atoms with E-state index in [1.807, 2.05) is 0 Å². The minimum atomic E-state index is -0.313. The van der Waals surface area contributed by atoms with Crippen molar-refractivity contribution in [2.45, 2.75) is 25.2 Å². The monoisotopic (exact) mass is 326 g/mol. The molecule has 1 N–H and O–H groups in total. The number of thiophene rings is 1. The molecule has 0 saturated carbocycles. The van der Waals surface area contributed by atoms with Crippen LogP contribution < -0.4 is 0 Å². The molecule has 5 nitrogen and oxygen atoms in total. The van der Waals surface area contributed by atoms with E-state index in [0.717, 1.165) is 45.9 Å². The standard InChI is InChI=1S/C16H26N2O3S/c1-13-8-18(11-16(21-13)14-2-7-22-12-14)10-15(19)9-17-3-5-20-6-4-17/h2,7,12-13,15-16,19H,3-6,8-11H2,1H3. The van der Waals surface area contributed by atoms with Crippen LogP contribution in [0, 0.1) is 0 Å². The van der Waals surface area contributed by atoms with Gasteiger partial charge in [0.1, 0.15) is 0 Å². The summed E-state index contributed by atoms with van der Waals surface area (Å²) >= 11 is 1.71. The highest BCUT2D eigenvalue weighted by molar-refractivity contribution is 7.07. The highest BCUT2D eigenvalue weighted by Crippen LogP contribution is 2.26. The van der Waals surface area contributed by atoms with Gasteiger partial charge in [-0.15, -0.1) is 0 Å². The smallest absolute Gasteiger partial charge is 0.0964 e. The molecule has 2 aliphatic heterocycles. The first-order chi connectivity index (χ1) is 10.7. The molecule has 0 radical (unpaired) electrons. The largest absolute Gasteiger partial charge is 0.390 e. The molecular formula is C16H26N2O3S. The van der Waals surface area contributed by atoms with Crippen molar-refractivity contribution in [3.63, 3.8) is 0 Å². The van der Waals surface area contributed by atoms with E-state index in [0.29, 0.717) is 6.54 Å². The predicted molar refractivity (Wildman–Crippen MR) is 87.3 cm³/mol. The Bertz CT molecular complexity index is 437. The molecule has 2 saturated heterocycles. The van der Waals surface area contributed by atoms with Gasteiger partial charge < -0.3 is 14.6 Å². The fourth-order valence-electron chi connectivity index (χ4n) is 3.27. The van der Waals surface area contributed by atoms with E-state index < -0.39 is 0 Å². The first-order valence-corrected chi connectivity index (χ1v) is 9.03. The summed E-state index contributed by atoms with van der Waals surface area (Å²) in [7, 11) is 0. The zero-order chi connectivity index (χ0) is 15.4. The summed E-state index contributed by atoms with van der Waals surface area (Å²) in [5, 5.41) is 14.6. The number of nitrogens with zero attached hydrogens (tertiary/aromatic N) is 2. The van der Waals surface area contributed by atoms with Crippen molar-refractivity contribution in [2.75, 3.05) is 52.5 Å². The molecule has 1 aromatic rings. The third kappa shape index (κ3) is 4.50. The van der Waals surface area contributed by atoms with Gasteiger partial charge in [-0.3, -0.25) is 9.80 Å². The predicted octanol–water partition coefficient (Wildman–Crippen LogP) is 1.20. The number of rotatable bonds is 5. The molecule has 0 aliphatic carbocycles. The summed E-state index contributed by atoms with van der Waals surface area (Å²) in [6, 6.07) is 2.13. The van der Waals surface area contributed by atoms with Gasteiger partial charge in [-0.2, -0.15) is 11.3 Å². The van der Waals surface area contributed by atoms with E-state index in [1.165, 1.54) is 5.56 Å². The Hall–Kier alpha value is -0.500. The third-order valence-electron chi connectivity index (χ3n) is 4.29. The van der Waals surface area contributed by atoms with Crippen molar-refractivity contribution < 1.29 is 14.6 Å². The van der Waals surface area contributed by atoms with Crippen LogP contribution in [-0.2, 0) is 9.47 Å². The second kappa shape index (κ2) is 7.86. The molecule has 22 heavy (non-hydrogen) atoms. The summed E-state index contributed by atoms with van der Waals surface area (Å²) in [4.78, 5) is 4.62. The van der Waals surface area contributed by atoms with Crippen LogP contribution in [0.1, 0.15) is 18.6 Å². The summed E-state index contributed by atoms with van der Waals surface area (Å²) in [5.41, 5.74) is 1.25. The fraction of sp³-hybridized carbons (Fsp3) is 0.750. The quantitative estimate of drug-likeness (QED) is 0.881. The first kappa shape index (κ1) is 16.4. The van der Waals surface area contributed by atoms with Crippen molar-refractivity contribution in [2.24, 2.45) is 0 Å². The van der Waals surface area contributed by atoms with Gasteiger partial charge >= 0.3 is 0 Å². The SMILES string of the molecule is CC1CN(CC(O)CN2CCOCC2)CC(c2ccsc2)O1. The lowest BCUT2D eigenvalue weighted by Gasteiger charge is -2.38. The van der Waals surface area contributed by atoms with Crippen molar-refractivity contribution >= 4 is 11.3 Å². The van der Waals surface area contributed by atoms with Crippen molar-refractivity contribution in [1.82, 2.24) is 9.80 Å². The normalized spacial score (nSPS) is 29.5. The second-order valence-electron chi connectivity index (χ2n) is 6.28. The molecule has 6 heteroatoms. The maximum Gasteiger partial charge on any atom is 0.0964 e. The van der Waals surface area contributed by atoms with Crippen LogP contribution in [0.15, 0.2) is 16.8 Å². The van der Waals surface area contributed by atoms with Crippen LogP contribution in [0.5, 0.6) is 0 Å². The van der Waals surface area contributed by atoms with Gasteiger partial charge in [-0.1, -0.05) is 0 Å². The Morgan fingerprint density at radius 3 is 2.77 bits per heavy atom. The molecule has 2 aliphatic rings. The molecule has 3 heterocycles. The lowest BCUT2D eigenvalue weighted by molar-refractivity contribution is -0.0890. The third-order valence-corrected chi connectivity index (χ3v) is 4.99. The summed E-state index contributed by atoms with van der Waals surface area (Å²) in [5.74, 6) is 0. The molecular weight excluding hydrogens is 300 g/mol. The number of hydrogen-bond donors (Lipinski definition) is 1. The summed E-state index contributed by atoms with van der Waals surface area (Å²) in [6.07, 6.45) is 0.0198. The van der Waals surface area contributed by atoms with Crippen LogP contribution in [0.3, 0.4) is 0 Å². The Morgan fingerprint density at radius 1 is 1.27 bits per heavy atom. The molecule has 3 unspecified atom stereocenters. The highest BCUT2D eigenvalue weighted by Gasteiger charge is 2.28. The number of hydrogen-bond acceptors (Lipinski definition) is 6. The lowest BCUT2D eigenvalue weighted by Crippen LogP contribution is -2.49. The van der Waals surface area contributed by atoms with E-state index >= 15 is 0 Å². The van der Waals surface area contributed by atoms with Crippen molar-refractivity contribution in [3.05, 3.63) is 22.4 Å². The van der Waals surface area contributed by atoms with E-state index in [9.17, 15) is 5.11 Å². The van der Waals surface area contributed by atoms with Gasteiger partial charge in [-0.05, 0) is 29.3 Å². The summed E-state index contributed by atoms with van der Waals surface area (Å²) in [6.45, 7) is 8.72. The molecule has 1 aromatic heterocycles. The topological polar surface area (TPSA) is 45.2 Å². The van der Waals surface area contributed by atoms with Crippen LogP contribution in [0.25, 0.3) is 0 Å². The van der Waals surface area contributed by atoms with E-state index in [4.69, 9.17) is 9.47 Å². The van der Waals surface area contributed by atoms with Crippen molar-refractivity contribution in [3.8, 4) is 0 Å². The van der Waals surface area contributed by atoms with Gasteiger partial charge in [-0.25, -0.2) is 0 Å². The molecule has 0 bridgehead atoms. The minimum absolute atomic E-state index is 0.130. The second-order valence-corrected chi connectivity index (χ2v) is 7.06. The molecule has 2 fully saturated rings. The maximum atomic E-state index is 10.4. The van der Waals surface area contributed by atoms with Gasteiger partial charge in [0.15, 0.2) is 0 Å². The average molecular weight is 326 g/mol. The first-order valence-electron chi connectivity index (χ1n) is 8.09. The number of aliphatic hydroxyl groups is 1. The number of ether oxygens (including phenoxy) is 2.